The number of likely N-dealkylation sites (N-methyl/N-ethyl adjacent to an activating group) is 1. The molecule has 6 rings (SSSR count). The number of hydrogen-bond acceptors (Lipinski definition) is 9. The van der Waals surface area contributed by atoms with Gasteiger partial charge in [-0.3, -0.25) is 9.78 Å². The smallest absolute Gasteiger partial charge is 0.318 e. The van der Waals surface area contributed by atoms with Gasteiger partial charge in [-0.2, -0.15) is 15.2 Å². The topological polar surface area (TPSA) is 102 Å². The number of aromatic nitrogens is 3. The molecule has 228 valence electrons. The van der Waals surface area contributed by atoms with E-state index in [9.17, 15) is 14.4 Å². The maximum absolute atomic E-state index is 13.8. The molecule has 0 spiro atoms. The predicted molar refractivity (Wildman–Crippen MR) is 162 cm³/mol. The first-order valence-corrected chi connectivity index (χ1v) is 15.6. The number of carbonyl (C=O) groups excluding carboxylic acids is 1. The molecule has 43 heavy (non-hydrogen) atoms. The van der Waals surface area contributed by atoms with Crippen LogP contribution in [-0.4, -0.2) is 89.1 Å². The summed E-state index contributed by atoms with van der Waals surface area (Å²) in [6.07, 6.45) is 12.9. The molecule has 2 atom stereocenters. The van der Waals surface area contributed by atoms with Crippen LogP contribution in [0.1, 0.15) is 60.9 Å². The van der Waals surface area contributed by atoms with Crippen LogP contribution in [0.25, 0.3) is 0 Å². The minimum absolute atomic E-state index is 0.0973. The number of amides is 1. The maximum atomic E-state index is 13.8. The van der Waals surface area contributed by atoms with Crippen molar-refractivity contribution in [1.82, 2.24) is 24.8 Å². The summed E-state index contributed by atoms with van der Waals surface area (Å²) in [6.45, 7) is 7.34. The molecule has 0 N–H and O–H groups in total. The van der Waals surface area contributed by atoms with Gasteiger partial charge < -0.3 is 24.3 Å². The second kappa shape index (κ2) is 12.8. The zero-order chi connectivity index (χ0) is 29.9. The predicted octanol–water partition coefficient (Wildman–Crippen LogP) is 3.59. The fourth-order valence-corrected chi connectivity index (χ4v) is 7.12. The van der Waals surface area contributed by atoms with Gasteiger partial charge in [0.25, 0.3) is 5.91 Å². The molecule has 3 aliphatic heterocycles. The Kier molecular flexibility index (Phi) is 8.75. The van der Waals surface area contributed by atoms with Gasteiger partial charge in [-0.05, 0) is 69.7 Å². The number of ether oxygens (including phenoxy) is 1. The van der Waals surface area contributed by atoms with E-state index in [1.165, 1.54) is 41.0 Å². The van der Waals surface area contributed by atoms with Gasteiger partial charge in [0.05, 0.1) is 42.7 Å². The SMILES string of the molecule is C=C(F)C(=O)N1CCN(c2nc(OC[C@@H]3CCCN3C)nc3c2CCN(c2cncc4c2CCCCC4)C3)C[C@@H]1CC#N. The molecular formula is C32H41FN8O2. The molecule has 10 nitrogen and oxygen atoms in total. The van der Waals surface area contributed by atoms with E-state index >= 15 is 0 Å². The molecule has 2 aromatic heterocycles. The molecule has 2 saturated heterocycles. The minimum atomic E-state index is -1.00. The lowest BCUT2D eigenvalue weighted by Gasteiger charge is -2.42. The molecule has 1 amide bonds. The van der Waals surface area contributed by atoms with Crippen molar-refractivity contribution >= 4 is 17.4 Å². The van der Waals surface area contributed by atoms with Gasteiger partial charge in [-0.1, -0.05) is 13.0 Å². The van der Waals surface area contributed by atoms with Gasteiger partial charge in [-0.25, -0.2) is 4.39 Å². The quantitative estimate of drug-likeness (QED) is 0.355. The van der Waals surface area contributed by atoms with Crippen LogP contribution >= 0.6 is 0 Å². The molecular weight excluding hydrogens is 547 g/mol. The lowest BCUT2D eigenvalue weighted by Crippen LogP contribution is -2.55. The van der Waals surface area contributed by atoms with Crippen molar-refractivity contribution in [1.29, 1.82) is 5.26 Å². The number of hydrogen-bond donors (Lipinski definition) is 0. The lowest BCUT2D eigenvalue weighted by atomic mass is 9.99. The summed E-state index contributed by atoms with van der Waals surface area (Å²) in [6, 6.07) is 2.39. The fraction of sp³-hybridized carbons (Fsp3) is 0.594. The van der Waals surface area contributed by atoms with Gasteiger partial charge in [0, 0.05) is 44.0 Å². The van der Waals surface area contributed by atoms with Crippen LogP contribution in [0, 0.1) is 11.3 Å². The summed E-state index contributed by atoms with van der Waals surface area (Å²) in [7, 11) is 2.12. The van der Waals surface area contributed by atoms with Crippen molar-refractivity contribution < 1.29 is 13.9 Å². The van der Waals surface area contributed by atoms with E-state index in [1.807, 2.05) is 12.4 Å². The number of halogens is 1. The molecule has 0 aromatic carbocycles. The highest BCUT2D eigenvalue weighted by molar-refractivity contribution is 5.91. The molecule has 0 bridgehead atoms. The average Bonchev–Trinajstić information content (AvgIpc) is 3.27. The first-order chi connectivity index (χ1) is 20.9. The zero-order valence-electron chi connectivity index (χ0n) is 25.1. The van der Waals surface area contributed by atoms with Crippen LogP contribution in [-0.2, 0) is 30.6 Å². The van der Waals surface area contributed by atoms with Crippen LogP contribution in [0.15, 0.2) is 24.8 Å². The number of anilines is 2. The Labute approximate surface area is 253 Å². The van der Waals surface area contributed by atoms with Crippen molar-refractivity contribution in [2.24, 2.45) is 0 Å². The summed E-state index contributed by atoms with van der Waals surface area (Å²) in [5.41, 5.74) is 5.99. The second-order valence-electron chi connectivity index (χ2n) is 12.2. The van der Waals surface area contributed by atoms with Crippen molar-refractivity contribution in [3.63, 3.8) is 0 Å². The number of aryl methyl sites for hydroxylation is 1. The molecule has 0 saturated carbocycles. The molecule has 1 aliphatic carbocycles. The summed E-state index contributed by atoms with van der Waals surface area (Å²) in [5, 5.41) is 9.50. The minimum Gasteiger partial charge on any atom is -0.462 e. The molecule has 4 aliphatic rings. The number of rotatable bonds is 7. The Morgan fingerprint density at radius 2 is 1.91 bits per heavy atom. The van der Waals surface area contributed by atoms with E-state index in [0.717, 1.165) is 62.3 Å². The molecule has 0 radical (unpaired) electrons. The van der Waals surface area contributed by atoms with E-state index in [2.05, 4.69) is 39.4 Å². The van der Waals surface area contributed by atoms with E-state index in [0.29, 0.717) is 38.3 Å². The summed E-state index contributed by atoms with van der Waals surface area (Å²) in [4.78, 5) is 35.3. The summed E-state index contributed by atoms with van der Waals surface area (Å²) >= 11 is 0. The Balaban J connectivity index is 1.31. The van der Waals surface area contributed by atoms with E-state index in [-0.39, 0.29) is 13.0 Å². The van der Waals surface area contributed by atoms with Crippen LogP contribution in [0.3, 0.4) is 0 Å². The first-order valence-electron chi connectivity index (χ1n) is 15.6. The molecule has 11 heteroatoms. The number of nitriles is 1. The number of carbonyl (C=O) groups is 1. The molecule has 2 fully saturated rings. The first kappa shape index (κ1) is 29.3. The van der Waals surface area contributed by atoms with Crippen LogP contribution in [0.5, 0.6) is 6.01 Å². The fourth-order valence-electron chi connectivity index (χ4n) is 7.12. The van der Waals surface area contributed by atoms with Gasteiger partial charge >= 0.3 is 6.01 Å². The number of nitrogens with zero attached hydrogens (tertiary/aromatic N) is 8. The monoisotopic (exact) mass is 588 g/mol. The van der Waals surface area contributed by atoms with Crippen molar-refractivity contribution in [3.05, 3.63) is 47.2 Å². The average molecular weight is 589 g/mol. The normalized spacial score (nSPS) is 22.4. The van der Waals surface area contributed by atoms with Gasteiger partial charge in [0.1, 0.15) is 12.4 Å². The third kappa shape index (κ3) is 6.16. The van der Waals surface area contributed by atoms with E-state index in [1.54, 1.807) is 0 Å². The Morgan fingerprint density at radius 3 is 2.70 bits per heavy atom. The third-order valence-corrected chi connectivity index (χ3v) is 9.54. The highest BCUT2D eigenvalue weighted by atomic mass is 19.1. The molecule has 5 heterocycles. The van der Waals surface area contributed by atoms with Gasteiger partial charge in [0.2, 0.25) is 0 Å². The van der Waals surface area contributed by atoms with Gasteiger partial charge in [-0.15, -0.1) is 0 Å². The number of fused-ring (bicyclic) bond motifs is 2. The number of likely N-dealkylation sites (tertiary alicyclic amines) is 1. The van der Waals surface area contributed by atoms with Crippen molar-refractivity contribution in [2.45, 2.75) is 76.4 Å². The van der Waals surface area contributed by atoms with Crippen LogP contribution < -0.4 is 14.5 Å². The Morgan fingerprint density at radius 1 is 1.05 bits per heavy atom. The summed E-state index contributed by atoms with van der Waals surface area (Å²) in [5.74, 6) is -0.962. The second-order valence-corrected chi connectivity index (χ2v) is 12.2. The Hall–Kier alpha value is -3.78. The summed E-state index contributed by atoms with van der Waals surface area (Å²) < 4.78 is 20.1. The van der Waals surface area contributed by atoms with Crippen molar-refractivity contribution in [2.75, 3.05) is 56.2 Å². The van der Waals surface area contributed by atoms with Crippen molar-refractivity contribution in [3.8, 4) is 12.1 Å². The Bertz CT molecular complexity index is 1410. The maximum Gasteiger partial charge on any atom is 0.318 e. The number of piperazine rings is 1. The molecule has 2 aromatic rings. The largest absolute Gasteiger partial charge is 0.462 e. The standard InChI is InChI=1S/C32H41FN8O2/c1-22(33)31(42)41-16-15-40(19-24(41)10-12-34)30-27-11-14-39(29-18-35-17-23-7-4-3-5-9-26(23)29)20-28(27)36-32(37-30)43-21-25-8-6-13-38(25)2/h17-18,24-25H,1,3-11,13-16,19-21H2,2H3/t24-,25-/m0/s1. The highest BCUT2D eigenvalue weighted by Gasteiger charge is 2.35. The van der Waals surface area contributed by atoms with Crippen LogP contribution in [0.2, 0.25) is 0 Å². The highest BCUT2D eigenvalue weighted by Crippen LogP contribution is 2.35. The third-order valence-electron chi connectivity index (χ3n) is 9.54. The van der Waals surface area contributed by atoms with E-state index < -0.39 is 17.8 Å². The van der Waals surface area contributed by atoms with E-state index in [4.69, 9.17) is 14.7 Å². The van der Waals surface area contributed by atoms with Gasteiger partial charge in [0.15, 0.2) is 5.83 Å². The zero-order valence-corrected chi connectivity index (χ0v) is 25.1. The lowest BCUT2D eigenvalue weighted by molar-refractivity contribution is -0.131. The number of pyridine rings is 1. The molecule has 0 unspecified atom stereocenters. The van der Waals surface area contributed by atoms with Crippen LogP contribution in [0.4, 0.5) is 15.9 Å².